The molecule has 18 heavy (non-hydrogen) atoms. The Balaban J connectivity index is 1.93. The molecule has 0 aromatic heterocycles. The summed E-state index contributed by atoms with van der Waals surface area (Å²) >= 11 is 3.35. The van der Waals surface area contributed by atoms with Crippen LogP contribution in [0.4, 0.5) is 0 Å². The zero-order valence-electron chi connectivity index (χ0n) is 9.51. The molecule has 0 spiro atoms. The van der Waals surface area contributed by atoms with Gasteiger partial charge in [-0.2, -0.15) is 0 Å². The zero-order chi connectivity index (χ0) is 12.8. The van der Waals surface area contributed by atoms with E-state index in [1.54, 1.807) is 36.4 Å². The van der Waals surface area contributed by atoms with Crippen molar-refractivity contribution in [1.82, 2.24) is 0 Å². The van der Waals surface area contributed by atoms with E-state index >= 15 is 0 Å². The normalized spacial score (nSPS) is 9.83. The number of hydrogen-bond acceptors (Lipinski definition) is 3. The van der Waals surface area contributed by atoms with E-state index in [1.165, 1.54) is 0 Å². The Bertz CT molecular complexity index is 508. The van der Waals surface area contributed by atoms with E-state index in [-0.39, 0.29) is 0 Å². The average Bonchev–Trinajstić information content (AvgIpc) is 2.46. The van der Waals surface area contributed by atoms with Gasteiger partial charge in [0, 0.05) is 5.33 Å². The molecular formula is C14H11BrO3. The molecule has 2 rings (SSSR count). The lowest BCUT2D eigenvalue weighted by Crippen LogP contribution is -2.08. The van der Waals surface area contributed by atoms with Crippen LogP contribution < -0.4 is 4.89 Å². The Morgan fingerprint density at radius 3 is 2.28 bits per heavy atom. The predicted molar refractivity (Wildman–Crippen MR) is 71.6 cm³/mol. The van der Waals surface area contributed by atoms with Gasteiger partial charge in [0.1, 0.15) is 0 Å². The summed E-state index contributed by atoms with van der Waals surface area (Å²) in [5.74, 6) is -0.0239. The summed E-state index contributed by atoms with van der Waals surface area (Å²) in [7, 11) is 0. The molecule has 0 atom stereocenters. The minimum absolute atomic E-state index is 0.453. The second kappa shape index (κ2) is 6.21. The van der Waals surface area contributed by atoms with Crippen LogP contribution in [0.3, 0.4) is 0 Å². The van der Waals surface area contributed by atoms with Crippen molar-refractivity contribution in [2.45, 2.75) is 5.33 Å². The van der Waals surface area contributed by atoms with Gasteiger partial charge in [-0.15, -0.1) is 0 Å². The van der Waals surface area contributed by atoms with Crippen LogP contribution in [0.15, 0.2) is 54.6 Å². The Kier molecular flexibility index (Phi) is 4.36. The van der Waals surface area contributed by atoms with Crippen molar-refractivity contribution >= 4 is 21.9 Å². The molecule has 0 radical (unpaired) electrons. The van der Waals surface area contributed by atoms with Crippen LogP contribution in [0, 0.1) is 0 Å². The second-order valence-electron chi connectivity index (χ2n) is 3.60. The highest BCUT2D eigenvalue weighted by Gasteiger charge is 2.08. The van der Waals surface area contributed by atoms with Crippen molar-refractivity contribution in [2.75, 3.05) is 0 Å². The highest BCUT2D eigenvalue weighted by molar-refractivity contribution is 9.08. The smallest absolute Gasteiger partial charge is 0.287 e. The van der Waals surface area contributed by atoms with E-state index in [0.29, 0.717) is 11.3 Å². The van der Waals surface area contributed by atoms with Crippen molar-refractivity contribution in [1.29, 1.82) is 0 Å². The number of carbonyl (C=O) groups is 1. The van der Waals surface area contributed by atoms with Crippen LogP contribution in [0.2, 0.25) is 0 Å². The number of carbonyl (C=O) groups excluding carboxylic acids is 1. The summed E-state index contributed by atoms with van der Waals surface area (Å²) < 4.78 is 0. The average molecular weight is 307 g/mol. The van der Waals surface area contributed by atoms with Crippen LogP contribution >= 0.6 is 15.9 Å². The van der Waals surface area contributed by atoms with E-state index in [4.69, 9.17) is 9.78 Å². The Labute approximate surface area is 113 Å². The topological polar surface area (TPSA) is 35.5 Å². The molecule has 0 N–H and O–H groups in total. The molecule has 0 fully saturated rings. The molecule has 0 heterocycles. The van der Waals surface area contributed by atoms with Crippen LogP contribution in [0.1, 0.15) is 15.9 Å². The quantitative estimate of drug-likeness (QED) is 0.490. The number of halogens is 1. The third-order valence-corrected chi connectivity index (χ3v) is 2.95. The van der Waals surface area contributed by atoms with Crippen molar-refractivity contribution < 1.29 is 14.6 Å². The van der Waals surface area contributed by atoms with Crippen molar-refractivity contribution in [3.63, 3.8) is 0 Å². The molecule has 3 nitrogen and oxygen atoms in total. The molecule has 0 saturated carbocycles. The molecule has 92 valence electrons. The minimum atomic E-state index is -0.514. The van der Waals surface area contributed by atoms with Gasteiger partial charge in [-0.1, -0.05) is 46.3 Å². The van der Waals surface area contributed by atoms with Gasteiger partial charge in [0.05, 0.1) is 5.56 Å². The molecule has 0 aliphatic rings. The molecule has 0 saturated heterocycles. The fourth-order valence-electron chi connectivity index (χ4n) is 1.34. The van der Waals surface area contributed by atoms with Gasteiger partial charge in [0.15, 0.2) is 5.75 Å². The highest BCUT2D eigenvalue weighted by Crippen LogP contribution is 2.15. The first-order valence-corrected chi connectivity index (χ1v) is 6.50. The number of benzene rings is 2. The first-order chi connectivity index (χ1) is 8.79. The fraction of sp³-hybridized carbons (Fsp3) is 0.0714. The summed E-state index contributed by atoms with van der Waals surface area (Å²) in [5, 5.41) is 0.775. The Hall–Kier alpha value is -1.81. The third kappa shape index (κ3) is 3.34. The Morgan fingerprint density at radius 1 is 1.00 bits per heavy atom. The lowest BCUT2D eigenvalue weighted by molar-refractivity contribution is -0.149. The van der Waals surface area contributed by atoms with E-state index < -0.39 is 5.97 Å². The first-order valence-electron chi connectivity index (χ1n) is 5.38. The van der Waals surface area contributed by atoms with Crippen LogP contribution in [0.5, 0.6) is 5.75 Å². The molecule has 0 aliphatic carbocycles. The number of hydrogen-bond donors (Lipinski definition) is 0. The monoisotopic (exact) mass is 306 g/mol. The first kappa shape index (κ1) is 12.6. The SMILES string of the molecule is O=C(OOc1ccc(CBr)cc1)c1ccccc1. The van der Waals surface area contributed by atoms with Gasteiger partial charge in [-0.05, 0) is 29.8 Å². The van der Waals surface area contributed by atoms with Gasteiger partial charge in [0.2, 0.25) is 0 Å². The molecule has 2 aromatic carbocycles. The number of rotatable bonds is 4. The molecule has 0 aliphatic heterocycles. The lowest BCUT2D eigenvalue weighted by Gasteiger charge is -2.04. The number of alkyl halides is 1. The van der Waals surface area contributed by atoms with E-state index in [0.717, 1.165) is 10.9 Å². The van der Waals surface area contributed by atoms with E-state index in [1.807, 2.05) is 18.2 Å². The van der Waals surface area contributed by atoms with E-state index in [2.05, 4.69) is 15.9 Å². The summed E-state index contributed by atoms with van der Waals surface area (Å²) in [6, 6.07) is 16.0. The van der Waals surface area contributed by atoms with Gasteiger partial charge in [-0.3, -0.25) is 4.89 Å². The van der Waals surface area contributed by atoms with E-state index in [9.17, 15) is 4.79 Å². The maximum atomic E-state index is 11.6. The zero-order valence-corrected chi connectivity index (χ0v) is 11.1. The maximum Gasteiger partial charge on any atom is 0.386 e. The molecule has 4 heteroatoms. The molecule has 0 unspecified atom stereocenters. The summed E-state index contributed by atoms with van der Waals surface area (Å²) in [4.78, 5) is 21.3. The molecule has 0 bridgehead atoms. The van der Waals surface area contributed by atoms with Gasteiger partial charge in [-0.25, -0.2) is 9.68 Å². The standard InChI is InChI=1S/C14H11BrO3/c15-10-11-6-8-13(9-7-11)17-18-14(16)12-4-2-1-3-5-12/h1-9H,10H2. The van der Waals surface area contributed by atoms with Crippen LogP contribution in [-0.4, -0.2) is 5.97 Å². The minimum Gasteiger partial charge on any atom is -0.287 e. The maximum absolute atomic E-state index is 11.6. The van der Waals surface area contributed by atoms with Gasteiger partial charge >= 0.3 is 5.97 Å². The predicted octanol–water partition coefficient (Wildman–Crippen LogP) is 3.73. The second-order valence-corrected chi connectivity index (χ2v) is 4.16. The summed E-state index contributed by atoms with van der Waals surface area (Å²) in [5.41, 5.74) is 1.58. The molecular weight excluding hydrogens is 296 g/mol. The van der Waals surface area contributed by atoms with Crippen molar-refractivity contribution in [2.24, 2.45) is 0 Å². The summed E-state index contributed by atoms with van der Waals surface area (Å²) in [6.45, 7) is 0. The van der Waals surface area contributed by atoms with Crippen molar-refractivity contribution in [3.8, 4) is 5.75 Å². The molecule has 2 aromatic rings. The lowest BCUT2D eigenvalue weighted by atomic mass is 10.2. The fourth-order valence-corrected chi connectivity index (χ4v) is 1.72. The van der Waals surface area contributed by atoms with Crippen LogP contribution in [0.25, 0.3) is 0 Å². The summed E-state index contributed by atoms with van der Waals surface area (Å²) in [6.07, 6.45) is 0. The highest BCUT2D eigenvalue weighted by atomic mass is 79.9. The molecule has 0 amide bonds. The van der Waals surface area contributed by atoms with Crippen molar-refractivity contribution in [3.05, 3.63) is 65.7 Å². The van der Waals surface area contributed by atoms with Gasteiger partial charge < -0.3 is 0 Å². The van der Waals surface area contributed by atoms with Crippen LogP contribution in [-0.2, 0) is 10.2 Å². The Morgan fingerprint density at radius 2 is 1.67 bits per heavy atom. The largest absolute Gasteiger partial charge is 0.386 e. The van der Waals surface area contributed by atoms with Gasteiger partial charge in [0.25, 0.3) is 0 Å². The third-order valence-electron chi connectivity index (χ3n) is 2.30.